The topological polar surface area (TPSA) is 12.0 Å². The minimum atomic E-state index is -0.205. The first-order chi connectivity index (χ1) is 8.70. The maximum absolute atomic E-state index is 13.0. The van der Waals surface area contributed by atoms with Crippen LogP contribution < -0.4 is 5.32 Å². The number of halogens is 2. The van der Waals surface area contributed by atoms with Crippen molar-refractivity contribution in [3.05, 3.63) is 69.9 Å². The molecule has 0 aliphatic carbocycles. The van der Waals surface area contributed by atoms with E-state index in [-0.39, 0.29) is 11.9 Å². The smallest absolute Gasteiger partial charge is 0.123 e. The van der Waals surface area contributed by atoms with Gasteiger partial charge in [0.1, 0.15) is 5.82 Å². The van der Waals surface area contributed by atoms with E-state index in [4.69, 9.17) is 0 Å². The molecule has 2 aromatic rings. The van der Waals surface area contributed by atoms with Gasteiger partial charge in [0.15, 0.2) is 0 Å². The summed E-state index contributed by atoms with van der Waals surface area (Å²) in [5.74, 6) is -0.205. The van der Waals surface area contributed by atoms with Crippen LogP contribution >= 0.6 is 15.9 Å². The molecule has 94 valence electrons. The highest BCUT2D eigenvalue weighted by molar-refractivity contribution is 9.10. The normalized spacial score (nSPS) is 12.4. The molecule has 0 amide bonds. The highest BCUT2D eigenvalue weighted by atomic mass is 79.9. The van der Waals surface area contributed by atoms with Gasteiger partial charge in [0.25, 0.3) is 0 Å². The van der Waals surface area contributed by atoms with Gasteiger partial charge in [-0.05, 0) is 41.9 Å². The summed E-state index contributed by atoms with van der Waals surface area (Å²) in [6.07, 6.45) is 0. The van der Waals surface area contributed by atoms with Gasteiger partial charge in [0.05, 0.1) is 6.04 Å². The van der Waals surface area contributed by atoms with Crippen LogP contribution in [0, 0.1) is 5.82 Å². The summed E-state index contributed by atoms with van der Waals surface area (Å²) in [6.45, 7) is 2.92. The lowest BCUT2D eigenvalue weighted by Gasteiger charge is -2.19. The van der Waals surface area contributed by atoms with Crippen molar-refractivity contribution in [3.63, 3.8) is 0 Å². The monoisotopic (exact) mass is 307 g/mol. The van der Waals surface area contributed by atoms with Crippen molar-refractivity contribution >= 4 is 15.9 Å². The number of rotatable bonds is 4. The van der Waals surface area contributed by atoms with Crippen LogP contribution in [0.4, 0.5) is 4.39 Å². The fourth-order valence-corrected chi connectivity index (χ4v) is 2.39. The first-order valence-electron chi connectivity index (χ1n) is 5.95. The Balaban J connectivity index is 2.36. The fraction of sp³-hybridized carbons (Fsp3) is 0.200. The molecule has 1 unspecified atom stereocenters. The molecule has 1 atom stereocenters. The molecule has 0 aromatic heterocycles. The number of hydrogen-bond acceptors (Lipinski definition) is 1. The standard InChI is InChI=1S/C15H15BrFN/c1-2-18-15(11-6-8-14(17)9-7-11)12-4-3-5-13(16)10-12/h3-10,15,18H,2H2,1H3. The van der Waals surface area contributed by atoms with Crippen LogP contribution in [0.1, 0.15) is 24.1 Å². The average molecular weight is 308 g/mol. The molecule has 0 saturated heterocycles. The molecule has 1 N–H and O–H groups in total. The first-order valence-corrected chi connectivity index (χ1v) is 6.74. The van der Waals surface area contributed by atoms with Crippen molar-refractivity contribution in [3.8, 4) is 0 Å². The molecule has 0 aliphatic rings. The van der Waals surface area contributed by atoms with Gasteiger partial charge in [-0.25, -0.2) is 4.39 Å². The Labute approximate surface area is 115 Å². The fourth-order valence-electron chi connectivity index (χ4n) is 1.97. The van der Waals surface area contributed by atoms with Gasteiger partial charge in [-0.2, -0.15) is 0 Å². The maximum atomic E-state index is 13.0. The van der Waals surface area contributed by atoms with Crippen LogP contribution in [0.3, 0.4) is 0 Å². The second kappa shape index (κ2) is 6.12. The van der Waals surface area contributed by atoms with E-state index in [1.807, 2.05) is 24.3 Å². The summed E-state index contributed by atoms with van der Waals surface area (Å²) < 4.78 is 14.0. The minimum absolute atomic E-state index is 0.0908. The van der Waals surface area contributed by atoms with E-state index in [2.05, 4.69) is 40.3 Å². The van der Waals surface area contributed by atoms with Gasteiger partial charge in [0.2, 0.25) is 0 Å². The highest BCUT2D eigenvalue weighted by Crippen LogP contribution is 2.24. The van der Waals surface area contributed by atoms with Crippen molar-refractivity contribution in [2.24, 2.45) is 0 Å². The predicted octanol–water partition coefficient (Wildman–Crippen LogP) is 4.29. The molecule has 0 fully saturated rings. The quantitative estimate of drug-likeness (QED) is 0.888. The molecular weight excluding hydrogens is 293 g/mol. The Morgan fingerprint density at radius 1 is 1.11 bits per heavy atom. The van der Waals surface area contributed by atoms with E-state index in [0.29, 0.717) is 0 Å². The van der Waals surface area contributed by atoms with Gasteiger partial charge in [-0.1, -0.05) is 47.1 Å². The Bertz CT molecular complexity index is 510. The SMILES string of the molecule is CCNC(c1ccc(F)cc1)c1cccc(Br)c1. The molecule has 0 saturated carbocycles. The number of benzene rings is 2. The van der Waals surface area contributed by atoms with Crippen LogP contribution in [0.25, 0.3) is 0 Å². The third-order valence-electron chi connectivity index (χ3n) is 2.79. The maximum Gasteiger partial charge on any atom is 0.123 e. The summed E-state index contributed by atoms with van der Waals surface area (Å²) in [6, 6.07) is 14.9. The number of hydrogen-bond donors (Lipinski definition) is 1. The van der Waals surface area contributed by atoms with E-state index < -0.39 is 0 Å². The van der Waals surface area contributed by atoms with Crippen molar-refractivity contribution < 1.29 is 4.39 Å². The van der Waals surface area contributed by atoms with Crippen molar-refractivity contribution in [2.45, 2.75) is 13.0 Å². The van der Waals surface area contributed by atoms with Crippen molar-refractivity contribution in [2.75, 3.05) is 6.54 Å². The lowest BCUT2D eigenvalue weighted by molar-refractivity contribution is 0.613. The minimum Gasteiger partial charge on any atom is -0.307 e. The molecule has 3 heteroatoms. The van der Waals surface area contributed by atoms with Gasteiger partial charge < -0.3 is 5.32 Å². The molecular formula is C15H15BrFN. The predicted molar refractivity (Wildman–Crippen MR) is 76.1 cm³/mol. The summed E-state index contributed by atoms with van der Waals surface area (Å²) in [4.78, 5) is 0. The van der Waals surface area contributed by atoms with Crippen LogP contribution in [-0.2, 0) is 0 Å². The van der Waals surface area contributed by atoms with Crippen LogP contribution in [0.2, 0.25) is 0 Å². The molecule has 0 bridgehead atoms. The lowest BCUT2D eigenvalue weighted by Crippen LogP contribution is -2.21. The number of nitrogens with one attached hydrogen (secondary N) is 1. The largest absolute Gasteiger partial charge is 0.307 e. The van der Waals surface area contributed by atoms with E-state index in [9.17, 15) is 4.39 Å². The zero-order chi connectivity index (χ0) is 13.0. The third kappa shape index (κ3) is 3.18. The molecule has 0 aliphatic heterocycles. The molecule has 2 rings (SSSR count). The van der Waals surface area contributed by atoms with E-state index in [1.165, 1.54) is 12.1 Å². The first kappa shape index (κ1) is 13.2. The zero-order valence-corrected chi connectivity index (χ0v) is 11.7. The molecule has 18 heavy (non-hydrogen) atoms. The van der Waals surface area contributed by atoms with Crippen LogP contribution in [-0.4, -0.2) is 6.54 Å². The second-order valence-electron chi connectivity index (χ2n) is 4.10. The Hall–Kier alpha value is -1.19. The van der Waals surface area contributed by atoms with Gasteiger partial charge in [0, 0.05) is 4.47 Å². The van der Waals surface area contributed by atoms with Crippen LogP contribution in [0.5, 0.6) is 0 Å². The van der Waals surface area contributed by atoms with Gasteiger partial charge >= 0.3 is 0 Å². The summed E-state index contributed by atoms with van der Waals surface area (Å²) in [7, 11) is 0. The van der Waals surface area contributed by atoms with Gasteiger partial charge in [-0.3, -0.25) is 0 Å². The lowest BCUT2D eigenvalue weighted by atomic mass is 9.99. The average Bonchev–Trinajstić information content (AvgIpc) is 2.37. The van der Waals surface area contributed by atoms with Crippen LogP contribution in [0.15, 0.2) is 53.0 Å². The van der Waals surface area contributed by atoms with E-state index >= 15 is 0 Å². The molecule has 0 spiro atoms. The second-order valence-corrected chi connectivity index (χ2v) is 5.01. The molecule has 0 radical (unpaired) electrons. The van der Waals surface area contributed by atoms with Gasteiger partial charge in [-0.15, -0.1) is 0 Å². The summed E-state index contributed by atoms with van der Waals surface area (Å²) in [5, 5.41) is 3.42. The Morgan fingerprint density at radius 2 is 1.83 bits per heavy atom. The van der Waals surface area contributed by atoms with E-state index in [1.54, 1.807) is 0 Å². The Morgan fingerprint density at radius 3 is 2.44 bits per heavy atom. The molecule has 2 aromatic carbocycles. The summed E-state index contributed by atoms with van der Waals surface area (Å²) in [5.41, 5.74) is 2.23. The van der Waals surface area contributed by atoms with Crippen molar-refractivity contribution in [1.29, 1.82) is 0 Å². The highest BCUT2D eigenvalue weighted by Gasteiger charge is 2.12. The molecule has 0 heterocycles. The Kier molecular flexibility index (Phi) is 4.50. The zero-order valence-electron chi connectivity index (χ0n) is 10.2. The summed E-state index contributed by atoms with van der Waals surface area (Å²) >= 11 is 3.48. The van der Waals surface area contributed by atoms with E-state index in [0.717, 1.165) is 22.1 Å². The van der Waals surface area contributed by atoms with Crippen molar-refractivity contribution in [1.82, 2.24) is 5.32 Å². The molecule has 1 nitrogen and oxygen atoms in total. The third-order valence-corrected chi connectivity index (χ3v) is 3.29.